The zero-order valence-electron chi connectivity index (χ0n) is 15.3. The number of aromatic hydroxyl groups is 1. The van der Waals surface area contributed by atoms with Gasteiger partial charge in [-0.05, 0) is 43.5 Å². The monoisotopic (exact) mass is 365 g/mol. The molecule has 0 radical (unpaired) electrons. The molecule has 3 rings (SSSR count). The fourth-order valence-corrected chi connectivity index (χ4v) is 3.19. The number of fused-ring (bicyclic) bond motifs is 1. The Bertz CT molecular complexity index is 876. The highest BCUT2D eigenvalue weighted by Crippen LogP contribution is 2.27. The first-order valence-corrected chi connectivity index (χ1v) is 9.06. The lowest BCUT2D eigenvalue weighted by Gasteiger charge is -2.29. The fourth-order valence-electron chi connectivity index (χ4n) is 3.19. The van der Waals surface area contributed by atoms with E-state index in [1.807, 2.05) is 24.3 Å². The number of rotatable bonds is 5. The van der Waals surface area contributed by atoms with Crippen molar-refractivity contribution >= 4 is 23.2 Å². The maximum Gasteiger partial charge on any atom is 0.240 e. The van der Waals surface area contributed by atoms with Crippen LogP contribution in [0.1, 0.15) is 37.3 Å². The first kappa shape index (κ1) is 18.6. The van der Waals surface area contributed by atoms with Crippen LogP contribution in [-0.2, 0) is 16.0 Å². The van der Waals surface area contributed by atoms with Gasteiger partial charge >= 0.3 is 0 Å². The highest BCUT2D eigenvalue weighted by atomic mass is 16.3. The second-order valence-electron chi connectivity index (χ2n) is 6.53. The van der Waals surface area contributed by atoms with Crippen molar-refractivity contribution in [2.24, 2.45) is 5.10 Å². The summed E-state index contributed by atoms with van der Waals surface area (Å²) in [6, 6.07) is 14.7. The molecule has 2 amide bonds. The molecule has 6 nitrogen and oxygen atoms in total. The molecule has 0 saturated carbocycles. The number of hydrogen-bond acceptors (Lipinski definition) is 4. The maximum absolute atomic E-state index is 12.5. The summed E-state index contributed by atoms with van der Waals surface area (Å²) in [5, 5.41) is 13.8. The lowest BCUT2D eigenvalue weighted by Crippen LogP contribution is -2.36. The molecular formula is C21H23N3O3. The van der Waals surface area contributed by atoms with E-state index in [2.05, 4.69) is 10.5 Å². The predicted molar refractivity (Wildman–Crippen MR) is 105 cm³/mol. The molecule has 0 spiro atoms. The summed E-state index contributed by atoms with van der Waals surface area (Å²) >= 11 is 0. The molecular weight excluding hydrogens is 342 g/mol. The van der Waals surface area contributed by atoms with Gasteiger partial charge in [-0.2, -0.15) is 5.10 Å². The Morgan fingerprint density at radius 3 is 2.67 bits per heavy atom. The molecule has 2 aromatic rings. The van der Waals surface area contributed by atoms with Gasteiger partial charge in [-0.25, -0.2) is 5.43 Å². The van der Waals surface area contributed by atoms with E-state index < -0.39 is 0 Å². The molecule has 0 atom stereocenters. The van der Waals surface area contributed by atoms with Crippen LogP contribution < -0.4 is 10.3 Å². The number of phenols is 1. The van der Waals surface area contributed by atoms with Gasteiger partial charge in [0.1, 0.15) is 5.75 Å². The summed E-state index contributed by atoms with van der Waals surface area (Å²) in [6.45, 7) is 2.38. The number of anilines is 1. The third-order valence-electron chi connectivity index (χ3n) is 4.62. The molecule has 6 heteroatoms. The zero-order valence-corrected chi connectivity index (χ0v) is 15.3. The van der Waals surface area contributed by atoms with Crippen LogP contribution in [0.4, 0.5) is 5.69 Å². The molecule has 2 N–H and O–H groups in total. The van der Waals surface area contributed by atoms with Crippen molar-refractivity contribution in [3.05, 3.63) is 59.7 Å². The summed E-state index contributed by atoms with van der Waals surface area (Å²) in [5.41, 5.74) is 5.62. The molecule has 0 saturated heterocycles. The van der Waals surface area contributed by atoms with Crippen LogP contribution in [0.3, 0.4) is 0 Å². The van der Waals surface area contributed by atoms with E-state index in [4.69, 9.17) is 0 Å². The Morgan fingerprint density at radius 1 is 1.11 bits per heavy atom. The average molecular weight is 365 g/mol. The van der Waals surface area contributed by atoms with Gasteiger partial charge in [0.2, 0.25) is 11.8 Å². The SMILES string of the molecule is C/C(=N\NC(=O)CCC(=O)N1CCCc2ccccc21)c1ccccc1O. The number of nitrogens with one attached hydrogen (secondary N) is 1. The molecule has 2 aromatic carbocycles. The first-order valence-electron chi connectivity index (χ1n) is 9.06. The summed E-state index contributed by atoms with van der Waals surface area (Å²) in [5.74, 6) is -0.283. The fraction of sp³-hybridized carbons (Fsp3) is 0.286. The zero-order chi connectivity index (χ0) is 19.2. The highest BCUT2D eigenvalue weighted by Gasteiger charge is 2.22. The smallest absolute Gasteiger partial charge is 0.240 e. The Kier molecular flexibility index (Phi) is 5.86. The Morgan fingerprint density at radius 2 is 1.85 bits per heavy atom. The molecule has 27 heavy (non-hydrogen) atoms. The van der Waals surface area contributed by atoms with Gasteiger partial charge in [-0.3, -0.25) is 9.59 Å². The predicted octanol–water partition coefficient (Wildman–Crippen LogP) is 2.99. The van der Waals surface area contributed by atoms with E-state index in [1.54, 1.807) is 36.1 Å². The molecule has 1 heterocycles. The quantitative estimate of drug-likeness (QED) is 0.631. The average Bonchev–Trinajstić information content (AvgIpc) is 2.70. The number of benzene rings is 2. The lowest BCUT2D eigenvalue weighted by molar-refractivity contribution is -0.125. The lowest BCUT2D eigenvalue weighted by atomic mass is 10.0. The maximum atomic E-state index is 12.5. The first-order chi connectivity index (χ1) is 13.1. The number of hydrogen-bond donors (Lipinski definition) is 2. The number of carbonyl (C=O) groups is 2. The third kappa shape index (κ3) is 4.53. The second kappa shape index (κ2) is 8.49. The van der Waals surface area contributed by atoms with Gasteiger partial charge in [0, 0.05) is 30.6 Å². The van der Waals surface area contributed by atoms with Crippen LogP contribution in [0, 0.1) is 0 Å². The standard InChI is InChI=1S/C21H23N3O3/c1-15(17-9-3-5-11-19(17)25)22-23-20(26)12-13-21(27)24-14-6-8-16-7-2-4-10-18(16)24/h2-5,7,9-11,25H,6,8,12-14H2,1H3,(H,23,26)/b22-15+. The van der Waals surface area contributed by atoms with E-state index in [-0.39, 0.29) is 30.4 Å². The highest BCUT2D eigenvalue weighted by molar-refractivity contribution is 6.01. The van der Waals surface area contributed by atoms with Crippen molar-refractivity contribution < 1.29 is 14.7 Å². The Labute approximate surface area is 158 Å². The van der Waals surface area contributed by atoms with Gasteiger partial charge in [0.05, 0.1) is 5.71 Å². The number of para-hydroxylation sites is 2. The number of aryl methyl sites for hydroxylation is 1. The van der Waals surface area contributed by atoms with Crippen LogP contribution in [0.25, 0.3) is 0 Å². The Balaban J connectivity index is 1.55. The van der Waals surface area contributed by atoms with E-state index in [9.17, 15) is 14.7 Å². The van der Waals surface area contributed by atoms with E-state index >= 15 is 0 Å². The molecule has 0 bridgehead atoms. The van der Waals surface area contributed by atoms with Gasteiger partial charge < -0.3 is 10.0 Å². The number of phenolic OH excluding ortho intramolecular Hbond substituents is 1. The van der Waals surface area contributed by atoms with E-state index in [0.29, 0.717) is 17.8 Å². The number of hydrazone groups is 1. The normalized spacial score (nSPS) is 13.8. The van der Waals surface area contributed by atoms with E-state index in [0.717, 1.165) is 18.5 Å². The largest absolute Gasteiger partial charge is 0.507 e. The summed E-state index contributed by atoms with van der Waals surface area (Å²) < 4.78 is 0. The van der Waals surface area contributed by atoms with E-state index in [1.165, 1.54) is 5.56 Å². The minimum absolute atomic E-state index is 0.0568. The van der Waals surface area contributed by atoms with Crippen LogP contribution in [0.2, 0.25) is 0 Å². The van der Waals surface area contributed by atoms with Crippen LogP contribution >= 0.6 is 0 Å². The minimum atomic E-state index is -0.330. The molecule has 1 aliphatic rings. The second-order valence-corrected chi connectivity index (χ2v) is 6.53. The van der Waals surface area contributed by atoms with Gasteiger partial charge in [0.25, 0.3) is 0 Å². The van der Waals surface area contributed by atoms with Crippen molar-refractivity contribution in [3.63, 3.8) is 0 Å². The Hall–Kier alpha value is -3.15. The molecule has 0 aliphatic carbocycles. The summed E-state index contributed by atoms with van der Waals surface area (Å²) in [7, 11) is 0. The number of carbonyl (C=O) groups excluding carboxylic acids is 2. The molecule has 140 valence electrons. The van der Waals surface area contributed by atoms with Crippen LogP contribution in [0.5, 0.6) is 5.75 Å². The van der Waals surface area contributed by atoms with Gasteiger partial charge in [0.15, 0.2) is 0 Å². The van der Waals surface area contributed by atoms with Crippen LogP contribution in [-0.4, -0.2) is 29.2 Å². The van der Waals surface area contributed by atoms with Crippen molar-refractivity contribution in [1.29, 1.82) is 0 Å². The molecule has 0 unspecified atom stereocenters. The molecule has 1 aliphatic heterocycles. The van der Waals surface area contributed by atoms with Gasteiger partial charge in [-0.15, -0.1) is 0 Å². The third-order valence-corrected chi connectivity index (χ3v) is 4.62. The van der Waals surface area contributed by atoms with Crippen LogP contribution in [0.15, 0.2) is 53.6 Å². The van der Waals surface area contributed by atoms with Crippen molar-refractivity contribution in [3.8, 4) is 5.75 Å². The summed E-state index contributed by atoms with van der Waals surface area (Å²) in [4.78, 5) is 26.4. The minimum Gasteiger partial charge on any atom is -0.507 e. The topological polar surface area (TPSA) is 82.0 Å². The molecule has 0 fully saturated rings. The van der Waals surface area contributed by atoms with Crippen molar-refractivity contribution in [1.82, 2.24) is 5.43 Å². The number of amides is 2. The summed E-state index contributed by atoms with van der Waals surface area (Å²) in [6.07, 6.45) is 2.10. The van der Waals surface area contributed by atoms with Crippen molar-refractivity contribution in [2.75, 3.05) is 11.4 Å². The number of nitrogens with zero attached hydrogens (tertiary/aromatic N) is 2. The van der Waals surface area contributed by atoms with Gasteiger partial charge in [-0.1, -0.05) is 30.3 Å². The van der Waals surface area contributed by atoms with Crippen molar-refractivity contribution in [2.45, 2.75) is 32.6 Å². The molecule has 0 aromatic heterocycles.